The van der Waals surface area contributed by atoms with E-state index in [0.29, 0.717) is 18.5 Å². The molecule has 2 rings (SSSR count). The number of ether oxygens (including phenoxy) is 1. The number of benzene rings is 1. The molecule has 0 bridgehead atoms. The molecule has 0 aromatic heterocycles. The largest absolute Gasteiger partial charge is 0.390 e. The zero-order chi connectivity index (χ0) is 16.9. The average molecular weight is 319 g/mol. The minimum atomic E-state index is -0.685. The van der Waals surface area contributed by atoms with Gasteiger partial charge in [-0.15, -0.1) is 0 Å². The van der Waals surface area contributed by atoms with Crippen molar-refractivity contribution >= 4 is 5.91 Å². The molecule has 4 nitrogen and oxygen atoms in total. The number of carbonyl (C=O) groups excluding carboxylic acids is 1. The van der Waals surface area contributed by atoms with Gasteiger partial charge in [0.15, 0.2) is 0 Å². The van der Waals surface area contributed by atoms with E-state index in [9.17, 15) is 9.90 Å². The Morgan fingerprint density at radius 2 is 2.17 bits per heavy atom. The maximum Gasteiger partial charge on any atom is 0.253 e. The molecule has 23 heavy (non-hydrogen) atoms. The first-order valence-corrected chi connectivity index (χ1v) is 8.53. The van der Waals surface area contributed by atoms with Gasteiger partial charge >= 0.3 is 0 Å². The third-order valence-corrected chi connectivity index (χ3v) is 4.30. The second-order valence-corrected chi connectivity index (χ2v) is 7.19. The molecule has 1 aliphatic rings. The second kappa shape index (κ2) is 7.93. The molecule has 1 fully saturated rings. The van der Waals surface area contributed by atoms with Crippen molar-refractivity contribution in [1.29, 1.82) is 0 Å². The van der Waals surface area contributed by atoms with Gasteiger partial charge in [0.05, 0.1) is 11.7 Å². The number of likely N-dealkylation sites (N-methyl/N-ethyl adjacent to an activating group) is 1. The fourth-order valence-electron chi connectivity index (χ4n) is 2.87. The molecule has 1 heterocycles. The van der Waals surface area contributed by atoms with Crippen LogP contribution in [0.4, 0.5) is 0 Å². The van der Waals surface area contributed by atoms with Gasteiger partial charge in [0.25, 0.3) is 5.91 Å². The summed E-state index contributed by atoms with van der Waals surface area (Å²) in [6.07, 6.45) is 4.94. The van der Waals surface area contributed by atoms with E-state index < -0.39 is 5.60 Å². The van der Waals surface area contributed by atoms with Crippen molar-refractivity contribution in [2.24, 2.45) is 0 Å². The van der Waals surface area contributed by atoms with Gasteiger partial charge in [-0.1, -0.05) is 12.1 Å². The number of carbonyl (C=O) groups is 1. The Balaban J connectivity index is 1.95. The number of rotatable bonds is 6. The molecule has 1 atom stereocenters. The number of nitrogens with zero attached hydrogens (tertiary/aromatic N) is 1. The molecule has 1 amide bonds. The molecule has 128 valence electrons. The van der Waals surface area contributed by atoms with E-state index in [-0.39, 0.29) is 12.0 Å². The molecule has 1 aromatic rings. The van der Waals surface area contributed by atoms with E-state index >= 15 is 0 Å². The highest BCUT2D eigenvalue weighted by atomic mass is 16.5. The van der Waals surface area contributed by atoms with Crippen molar-refractivity contribution in [1.82, 2.24) is 4.90 Å². The fourth-order valence-corrected chi connectivity index (χ4v) is 2.87. The van der Waals surface area contributed by atoms with Gasteiger partial charge < -0.3 is 14.7 Å². The van der Waals surface area contributed by atoms with Gasteiger partial charge in [0, 0.05) is 25.8 Å². The molecule has 4 heteroatoms. The predicted molar refractivity (Wildman–Crippen MR) is 91.6 cm³/mol. The van der Waals surface area contributed by atoms with Gasteiger partial charge in [-0.3, -0.25) is 4.79 Å². The highest BCUT2D eigenvalue weighted by Gasteiger charge is 2.20. The van der Waals surface area contributed by atoms with Crippen molar-refractivity contribution in [3.8, 4) is 0 Å². The SMILES string of the molecule is CN(C[C@H]1CCCCO1)C(=O)c1cccc(CCC(C)(C)O)c1. The summed E-state index contributed by atoms with van der Waals surface area (Å²) in [5.74, 6) is 0.0317. The lowest BCUT2D eigenvalue weighted by atomic mass is 9.97. The van der Waals surface area contributed by atoms with Gasteiger partial charge in [-0.2, -0.15) is 0 Å². The van der Waals surface area contributed by atoms with Crippen LogP contribution in [-0.2, 0) is 11.2 Å². The average Bonchev–Trinajstić information content (AvgIpc) is 2.53. The third kappa shape index (κ3) is 5.96. The molecule has 0 radical (unpaired) electrons. The fraction of sp³-hybridized carbons (Fsp3) is 0.632. The normalized spacial score (nSPS) is 18.7. The lowest BCUT2D eigenvalue weighted by molar-refractivity contribution is -0.000189. The molecule has 0 unspecified atom stereocenters. The molecule has 1 aliphatic heterocycles. The van der Waals surface area contributed by atoms with E-state index in [1.165, 1.54) is 6.42 Å². The highest BCUT2D eigenvalue weighted by molar-refractivity contribution is 5.94. The van der Waals surface area contributed by atoms with Crippen LogP contribution in [0.25, 0.3) is 0 Å². The maximum atomic E-state index is 12.6. The molecule has 1 saturated heterocycles. The Bertz CT molecular complexity index is 516. The van der Waals surface area contributed by atoms with Crippen LogP contribution in [0.15, 0.2) is 24.3 Å². The summed E-state index contributed by atoms with van der Waals surface area (Å²) in [4.78, 5) is 14.3. The zero-order valence-electron chi connectivity index (χ0n) is 14.5. The predicted octanol–water partition coefficient (Wildman–Crippen LogP) is 3.03. The van der Waals surface area contributed by atoms with Crippen molar-refractivity contribution in [2.75, 3.05) is 20.2 Å². The molecular formula is C19H29NO3. The maximum absolute atomic E-state index is 12.6. The van der Waals surface area contributed by atoms with Crippen molar-refractivity contribution in [3.63, 3.8) is 0 Å². The summed E-state index contributed by atoms with van der Waals surface area (Å²) in [7, 11) is 1.84. The Morgan fingerprint density at radius 3 is 2.83 bits per heavy atom. The number of amides is 1. The first kappa shape index (κ1) is 18.0. The van der Waals surface area contributed by atoms with Gasteiger partial charge in [-0.25, -0.2) is 0 Å². The smallest absolute Gasteiger partial charge is 0.253 e. The Morgan fingerprint density at radius 1 is 1.39 bits per heavy atom. The van der Waals surface area contributed by atoms with Crippen LogP contribution in [0.1, 0.15) is 55.5 Å². The lowest BCUT2D eigenvalue weighted by Gasteiger charge is -2.27. The zero-order valence-corrected chi connectivity index (χ0v) is 14.5. The summed E-state index contributed by atoms with van der Waals surface area (Å²) >= 11 is 0. The van der Waals surface area contributed by atoms with Crippen LogP contribution in [0.2, 0.25) is 0 Å². The van der Waals surface area contributed by atoms with Crippen molar-refractivity contribution in [2.45, 2.75) is 57.7 Å². The summed E-state index contributed by atoms with van der Waals surface area (Å²) in [5, 5.41) is 9.84. The van der Waals surface area contributed by atoms with Gasteiger partial charge in [0.2, 0.25) is 0 Å². The first-order chi connectivity index (χ1) is 10.8. The highest BCUT2D eigenvalue weighted by Crippen LogP contribution is 2.17. The topological polar surface area (TPSA) is 49.8 Å². The third-order valence-electron chi connectivity index (χ3n) is 4.30. The molecule has 0 saturated carbocycles. The van der Waals surface area contributed by atoms with Crippen molar-refractivity contribution in [3.05, 3.63) is 35.4 Å². The minimum absolute atomic E-state index is 0.0317. The van der Waals surface area contributed by atoms with E-state index in [4.69, 9.17) is 4.74 Å². The minimum Gasteiger partial charge on any atom is -0.390 e. The van der Waals surface area contributed by atoms with E-state index in [2.05, 4.69) is 0 Å². The summed E-state index contributed by atoms with van der Waals surface area (Å²) in [6, 6.07) is 7.71. The molecular weight excluding hydrogens is 290 g/mol. The molecule has 1 N–H and O–H groups in total. The number of hydrogen-bond donors (Lipinski definition) is 1. The van der Waals surface area contributed by atoms with Crippen LogP contribution >= 0.6 is 0 Å². The van der Waals surface area contributed by atoms with Crippen LogP contribution in [0.3, 0.4) is 0 Å². The standard InChI is InChI=1S/C19H29NO3/c1-19(2,22)11-10-15-7-6-8-16(13-15)18(21)20(3)14-17-9-4-5-12-23-17/h6-8,13,17,22H,4-5,9-12,14H2,1-3H3/t17-/m1/s1. The molecule has 0 spiro atoms. The Kier molecular flexibility index (Phi) is 6.19. The number of aryl methyl sites for hydroxylation is 1. The number of aliphatic hydroxyl groups is 1. The first-order valence-electron chi connectivity index (χ1n) is 8.53. The van der Waals surface area contributed by atoms with Gasteiger partial charge in [0.1, 0.15) is 0 Å². The van der Waals surface area contributed by atoms with Crippen molar-refractivity contribution < 1.29 is 14.6 Å². The Hall–Kier alpha value is -1.39. The summed E-state index contributed by atoms with van der Waals surface area (Å²) in [5.41, 5.74) is 1.10. The van der Waals surface area contributed by atoms with Crippen LogP contribution < -0.4 is 0 Å². The van der Waals surface area contributed by atoms with Gasteiger partial charge in [-0.05, 0) is 63.6 Å². The Labute approximate surface area is 139 Å². The van der Waals surface area contributed by atoms with E-state index in [0.717, 1.165) is 31.4 Å². The van der Waals surface area contributed by atoms with Crippen LogP contribution in [0, 0.1) is 0 Å². The summed E-state index contributed by atoms with van der Waals surface area (Å²) in [6.45, 7) is 5.06. The van der Waals surface area contributed by atoms with Crippen LogP contribution in [0.5, 0.6) is 0 Å². The lowest BCUT2D eigenvalue weighted by Crippen LogP contribution is -2.37. The van der Waals surface area contributed by atoms with Crippen LogP contribution in [-0.4, -0.2) is 47.8 Å². The molecule has 1 aromatic carbocycles. The quantitative estimate of drug-likeness (QED) is 0.877. The van der Waals surface area contributed by atoms with E-state index in [1.807, 2.05) is 31.3 Å². The summed E-state index contributed by atoms with van der Waals surface area (Å²) < 4.78 is 5.71. The molecule has 0 aliphatic carbocycles. The second-order valence-electron chi connectivity index (χ2n) is 7.19. The monoisotopic (exact) mass is 319 g/mol. The number of hydrogen-bond acceptors (Lipinski definition) is 3. The van der Waals surface area contributed by atoms with E-state index in [1.54, 1.807) is 18.7 Å².